The molecule has 0 fully saturated rings. The molecule has 1 amide bonds. The number of hydrogen-bond acceptors (Lipinski definition) is 4. The normalized spacial score (nSPS) is 11.0. The summed E-state index contributed by atoms with van der Waals surface area (Å²) in [6, 6.07) is 11.5. The number of hydrogen-bond donors (Lipinski definition) is 2. The molecule has 0 aliphatic carbocycles. The van der Waals surface area contributed by atoms with Crippen LogP contribution in [-0.4, -0.2) is 27.7 Å². The molecular weight excluding hydrogens is 352 g/mol. The van der Waals surface area contributed by atoms with Crippen molar-refractivity contribution in [2.45, 2.75) is 6.54 Å². The number of amides is 1. The third-order valence-corrected chi connectivity index (χ3v) is 4.11. The van der Waals surface area contributed by atoms with Crippen molar-refractivity contribution >= 4 is 33.2 Å². The van der Waals surface area contributed by atoms with Crippen molar-refractivity contribution in [3.63, 3.8) is 0 Å². The molecule has 2 rings (SSSR count). The Morgan fingerprint density at radius 3 is 2.38 bits per heavy atom. The van der Waals surface area contributed by atoms with Gasteiger partial charge in [-0.3, -0.25) is 9.52 Å². The number of sulfonamides is 1. The highest BCUT2D eigenvalue weighted by Gasteiger charge is 2.09. The summed E-state index contributed by atoms with van der Waals surface area (Å²) in [5, 5.41) is 3.12. The SMILES string of the molecule is COc1ccc(C(=O)NCc2ccc(NS(C)(=O)=O)cc2Cl)cc1. The van der Waals surface area contributed by atoms with E-state index >= 15 is 0 Å². The lowest BCUT2D eigenvalue weighted by Crippen LogP contribution is -2.22. The van der Waals surface area contributed by atoms with Crippen molar-refractivity contribution in [3.05, 3.63) is 58.6 Å². The lowest BCUT2D eigenvalue weighted by Gasteiger charge is -2.10. The van der Waals surface area contributed by atoms with Gasteiger partial charge in [0.15, 0.2) is 0 Å². The van der Waals surface area contributed by atoms with Gasteiger partial charge < -0.3 is 10.1 Å². The molecule has 0 unspecified atom stereocenters. The molecular formula is C16H17ClN2O4S. The van der Waals surface area contributed by atoms with E-state index in [-0.39, 0.29) is 12.5 Å². The summed E-state index contributed by atoms with van der Waals surface area (Å²) in [6.45, 7) is 0.225. The molecule has 0 bridgehead atoms. The Morgan fingerprint density at radius 2 is 1.83 bits per heavy atom. The van der Waals surface area contributed by atoms with E-state index < -0.39 is 10.0 Å². The van der Waals surface area contributed by atoms with E-state index in [9.17, 15) is 13.2 Å². The minimum atomic E-state index is -3.36. The first-order valence-electron chi connectivity index (χ1n) is 6.97. The molecule has 8 heteroatoms. The molecule has 0 aliphatic rings. The average Bonchev–Trinajstić information content (AvgIpc) is 2.52. The zero-order valence-corrected chi connectivity index (χ0v) is 14.7. The van der Waals surface area contributed by atoms with Gasteiger partial charge in [-0.05, 0) is 42.0 Å². The maximum absolute atomic E-state index is 12.1. The summed E-state index contributed by atoms with van der Waals surface area (Å²) in [4.78, 5) is 12.1. The van der Waals surface area contributed by atoms with E-state index in [0.29, 0.717) is 27.6 Å². The lowest BCUT2D eigenvalue weighted by atomic mass is 10.1. The maximum atomic E-state index is 12.1. The summed E-state index contributed by atoms with van der Waals surface area (Å²) in [6.07, 6.45) is 1.06. The second kappa shape index (κ2) is 7.55. The smallest absolute Gasteiger partial charge is 0.251 e. The van der Waals surface area contributed by atoms with Crippen LogP contribution in [0.25, 0.3) is 0 Å². The van der Waals surface area contributed by atoms with Gasteiger partial charge in [-0.25, -0.2) is 8.42 Å². The molecule has 0 aromatic heterocycles. The van der Waals surface area contributed by atoms with Crippen LogP contribution >= 0.6 is 11.6 Å². The number of anilines is 1. The van der Waals surface area contributed by atoms with Crippen molar-refractivity contribution in [1.29, 1.82) is 0 Å². The van der Waals surface area contributed by atoms with Gasteiger partial charge in [0.05, 0.1) is 13.4 Å². The number of rotatable bonds is 6. The Balaban J connectivity index is 2.01. The molecule has 0 spiro atoms. The van der Waals surface area contributed by atoms with Gasteiger partial charge in [0.1, 0.15) is 5.75 Å². The van der Waals surface area contributed by atoms with Gasteiger partial charge in [0, 0.05) is 22.8 Å². The maximum Gasteiger partial charge on any atom is 0.251 e. The summed E-state index contributed by atoms with van der Waals surface area (Å²) in [7, 11) is -1.81. The fraction of sp³-hybridized carbons (Fsp3) is 0.188. The topological polar surface area (TPSA) is 84.5 Å². The fourth-order valence-electron chi connectivity index (χ4n) is 1.99. The van der Waals surface area contributed by atoms with E-state index in [1.54, 1.807) is 43.5 Å². The van der Waals surface area contributed by atoms with E-state index in [4.69, 9.17) is 16.3 Å². The van der Waals surface area contributed by atoms with Crippen molar-refractivity contribution < 1.29 is 17.9 Å². The predicted molar refractivity (Wildman–Crippen MR) is 94.1 cm³/mol. The minimum Gasteiger partial charge on any atom is -0.497 e. The zero-order chi connectivity index (χ0) is 17.7. The van der Waals surface area contributed by atoms with E-state index in [2.05, 4.69) is 10.0 Å². The summed E-state index contributed by atoms with van der Waals surface area (Å²) < 4.78 is 29.8. The highest BCUT2D eigenvalue weighted by Crippen LogP contribution is 2.21. The first kappa shape index (κ1) is 18.1. The first-order valence-corrected chi connectivity index (χ1v) is 9.24. The molecule has 0 radical (unpaired) electrons. The van der Waals surface area contributed by atoms with Crippen LogP contribution in [0.2, 0.25) is 5.02 Å². The van der Waals surface area contributed by atoms with E-state index in [0.717, 1.165) is 6.26 Å². The van der Waals surface area contributed by atoms with Gasteiger partial charge in [-0.15, -0.1) is 0 Å². The van der Waals surface area contributed by atoms with Crippen LogP contribution < -0.4 is 14.8 Å². The Morgan fingerprint density at radius 1 is 1.17 bits per heavy atom. The van der Waals surface area contributed by atoms with Crippen LogP contribution in [0.3, 0.4) is 0 Å². The van der Waals surface area contributed by atoms with Gasteiger partial charge in [-0.1, -0.05) is 17.7 Å². The number of ether oxygens (including phenoxy) is 1. The Labute approximate surface area is 145 Å². The van der Waals surface area contributed by atoms with Gasteiger partial charge in [-0.2, -0.15) is 0 Å². The number of methoxy groups -OCH3 is 1. The highest BCUT2D eigenvalue weighted by atomic mass is 35.5. The van der Waals surface area contributed by atoms with Gasteiger partial charge in [0.2, 0.25) is 10.0 Å². The Bertz CT molecular complexity index is 836. The molecule has 0 heterocycles. The van der Waals surface area contributed by atoms with Crippen LogP contribution in [0.1, 0.15) is 15.9 Å². The van der Waals surface area contributed by atoms with Crippen LogP contribution in [0.15, 0.2) is 42.5 Å². The Hall–Kier alpha value is -2.25. The van der Waals surface area contributed by atoms with Crippen LogP contribution in [-0.2, 0) is 16.6 Å². The Kier molecular flexibility index (Phi) is 5.69. The minimum absolute atomic E-state index is 0.225. The summed E-state index contributed by atoms with van der Waals surface area (Å²) in [5.41, 5.74) is 1.55. The number of carbonyl (C=O) groups is 1. The molecule has 2 aromatic carbocycles. The second-order valence-electron chi connectivity index (χ2n) is 5.09. The third kappa shape index (κ3) is 5.14. The first-order chi connectivity index (χ1) is 11.3. The molecule has 2 aromatic rings. The number of nitrogens with one attached hydrogen (secondary N) is 2. The monoisotopic (exact) mass is 368 g/mol. The van der Waals surface area contributed by atoms with Crippen molar-refractivity contribution in [2.24, 2.45) is 0 Å². The largest absolute Gasteiger partial charge is 0.497 e. The van der Waals surface area contributed by atoms with Crippen molar-refractivity contribution in [2.75, 3.05) is 18.1 Å². The average molecular weight is 369 g/mol. The fourth-order valence-corrected chi connectivity index (χ4v) is 2.79. The molecule has 0 saturated carbocycles. The van der Waals surface area contributed by atoms with Crippen molar-refractivity contribution in [1.82, 2.24) is 5.32 Å². The van der Waals surface area contributed by atoms with Crippen LogP contribution in [0, 0.1) is 0 Å². The zero-order valence-electron chi connectivity index (χ0n) is 13.2. The molecule has 0 aliphatic heterocycles. The quantitative estimate of drug-likeness (QED) is 0.820. The summed E-state index contributed by atoms with van der Waals surface area (Å²) in [5.74, 6) is 0.426. The molecule has 0 saturated heterocycles. The molecule has 128 valence electrons. The van der Waals surface area contributed by atoms with Crippen LogP contribution in [0.4, 0.5) is 5.69 Å². The molecule has 6 nitrogen and oxygen atoms in total. The highest BCUT2D eigenvalue weighted by molar-refractivity contribution is 7.92. The number of carbonyl (C=O) groups excluding carboxylic acids is 1. The number of halogens is 1. The molecule has 2 N–H and O–H groups in total. The third-order valence-electron chi connectivity index (χ3n) is 3.15. The number of benzene rings is 2. The van der Waals surface area contributed by atoms with Crippen molar-refractivity contribution in [3.8, 4) is 5.75 Å². The van der Waals surface area contributed by atoms with E-state index in [1.807, 2.05) is 0 Å². The standard InChI is InChI=1S/C16H17ClN2O4S/c1-23-14-7-4-11(5-8-14)16(20)18-10-12-3-6-13(9-15(12)17)19-24(2,21)22/h3-9,19H,10H2,1-2H3,(H,18,20). The lowest BCUT2D eigenvalue weighted by molar-refractivity contribution is 0.0951. The predicted octanol–water partition coefficient (Wildman–Crippen LogP) is 2.65. The van der Waals surface area contributed by atoms with Crippen LogP contribution in [0.5, 0.6) is 5.75 Å². The van der Waals surface area contributed by atoms with Gasteiger partial charge >= 0.3 is 0 Å². The molecule has 24 heavy (non-hydrogen) atoms. The van der Waals surface area contributed by atoms with Gasteiger partial charge in [0.25, 0.3) is 5.91 Å². The second-order valence-corrected chi connectivity index (χ2v) is 7.25. The van der Waals surface area contributed by atoms with E-state index in [1.165, 1.54) is 6.07 Å². The molecule has 0 atom stereocenters. The summed E-state index contributed by atoms with van der Waals surface area (Å²) >= 11 is 6.12.